The molecule has 29 heavy (non-hydrogen) atoms. The fraction of sp³-hybridized carbons (Fsp3) is 0.0435. The Hall–Kier alpha value is -3.69. The van der Waals surface area contributed by atoms with E-state index < -0.39 is 0 Å². The highest BCUT2D eigenvalue weighted by atomic mass is 32.2. The van der Waals surface area contributed by atoms with Gasteiger partial charge in [0.1, 0.15) is 11.2 Å². The third-order valence-electron chi connectivity index (χ3n) is 4.34. The normalized spacial score (nSPS) is 10.5. The maximum Gasteiger partial charge on any atom is 0.167 e. The number of hydrogen-bond acceptors (Lipinski definition) is 6. The number of phenolic OH excluding ortho intramolecular Hbond substituents is 1. The lowest BCUT2D eigenvalue weighted by Gasteiger charge is -2.10. The quantitative estimate of drug-likeness (QED) is 0.364. The van der Waals surface area contributed by atoms with Gasteiger partial charge in [0.25, 0.3) is 0 Å². The Morgan fingerprint density at radius 2 is 1.41 bits per heavy atom. The van der Waals surface area contributed by atoms with Gasteiger partial charge >= 0.3 is 0 Å². The number of phenols is 1. The first-order chi connectivity index (χ1) is 14.1. The van der Waals surface area contributed by atoms with Gasteiger partial charge in [-0.2, -0.15) is 5.26 Å². The smallest absolute Gasteiger partial charge is 0.167 e. The molecule has 0 aliphatic carbocycles. The molecule has 0 spiro atoms. The summed E-state index contributed by atoms with van der Waals surface area (Å²) in [7, 11) is 0. The van der Waals surface area contributed by atoms with Crippen molar-refractivity contribution in [2.75, 3.05) is 0 Å². The molecule has 140 valence electrons. The number of aromatic hydroxyl groups is 1. The van der Waals surface area contributed by atoms with Gasteiger partial charge in [0, 0.05) is 16.0 Å². The van der Waals surface area contributed by atoms with E-state index in [4.69, 9.17) is 5.26 Å². The summed E-state index contributed by atoms with van der Waals surface area (Å²) in [6.45, 7) is 1.92. The second-order valence-electron chi connectivity index (χ2n) is 6.41. The van der Waals surface area contributed by atoms with Gasteiger partial charge < -0.3 is 5.11 Å². The molecule has 0 bridgehead atoms. The second kappa shape index (κ2) is 8.13. The molecule has 0 saturated heterocycles. The Labute approximate surface area is 172 Å². The number of rotatable bonds is 4. The molecule has 0 saturated carbocycles. The highest BCUT2D eigenvalue weighted by Gasteiger charge is 2.14. The number of thiocyanates is 1. The molecular formula is C23H16N4OS. The summed E-state index contributed by atoms with van der Waals surface area (Å²) < 4.78 is 0. The lowest BCUT2D eigenvalue weighted by atomic mass is 10.1. The van der Waals surface area contributed by atoms with Crippen LogP contribution < -0.4 is 0 Å². The maximum absolute atomic E-state index is 10.4. The first-order valence-electron chi connectivity index (χ1n) is 8.92. The van der Waals surface area contributed by atoms with E-state index in [1.165, 1.54) is 0 Å². The average molecular weight is 396 g/mol. The Morgan fingerprint density at radius 1 is 0.793 bits per heavy atom. The predicted molar refractivity (Wildman–Crippen MR) is 114 cm³/mol. The van der Waals surface area contributed by atoms with Crippen LogP contribution >= 0.6 is 11.8 Å². The van der Waals surface area contributed by atoms with Crippen LogP contribution in [0.25, 0.3) is 34.2 Å². The predicted octanol–water partition coefficient (Wildman–Crippen LogP) is 5.46. The summed E-state index contributed by atoms with van der Waals surface area (Å²) >= 11 is 1.10. The highest BCUT2D eigenvalue weighted by molar-refractivity contribution is 8.03. The summed E-state index contributed by atoms with van der Waals surface area (Å²) in [5.74, 6) is 1.56. The molecule has 0 atom stereocenters. The largest absolute Gasteiger partial charge is 0.507 e. The number of aryl methyl sites for hydroxylation is 1. The number of hydrogen-bond donors (Lipinski definition) is 1. The summed E-state index contributed by atoms with van der Waals surface area (Å²) in [5, 5.41) is 21.3. The van der Waals surface area contributed by atoms with E-state index in [2.05, 4.69) is 20.4 Å². The van der Waals surface area contributed by atoms with Gasteiger partial charge in [0.15, 0.2) is 17.5 Å². The second-order valence-corrected chi connectivity index (χ2v) is 7.27. The molecule has 0 amide bonds. The van der Waals surface area contributed by atoms with E-state index in [1.807, 2.05) is 73.7 Å². The van der Waals surface area contributed by atoms with Crippen molar-refractivity contribution in [2.24, 2.45) is 0 Å². The molecule has 4 aromatic rings. The van der Waals surface area contributed by atoms with Crippen LogP contribution in [0.5, 0.6) is 5.75 Å². The van der Waals surface area contributed by atoms with Gasteiger partial charge in [-0.25, -0.2) is 15.0 Å². The molecule has 5 nitrogen and oxygen atoms in total. The molecule has 0 fully saturated rings. The highest BCUT2D eigenvalue weighted by Crippen LogP contribution is 2.31. The van der Waals surface area contributed by atoms with Crippen LogP contribution in [-0.4, -0.2) is 20.1 Å². The molecule has 1 N–H and O–H groups in total. The van der Waals surface area contributed by atoms with Gasteiger partial charge in [-0.05, 0) is 48.5 Å². The Morgan fingerprint density at radius 3 is 2.03 bits per heavy atom. The minimum Gasteiger partial charge on any atom is -0.507 e. The third kappa shape index (κ3) is 4.10. The lowest BCUT2D eigenvalue weighted by Crippen LogP contribution is -2.00. The Balaban J connectivity index is 1.87. The monoisotopic (exact) mass is 396 g/mol. The Bertz CT molecular complexity index is 1200. The molecule has 1 heterocycles. The average Bonchev–Trinajstić information content (AvgIpc) is 2.75. The van der Waals surface area contributed by atoms with E-state index in [1.54, 1.807) is 6.07 Å². The maximum atomic E-state index is 10.4. The van der Waals surface area contributed by atoms with Crippen LogP contribution in [0.4, 0.5) is 0 Å². The molecule has 0 aliphatic rings. The topological polar surface area (TPSA) is 82.7 Å². The van der Waals surface area contributed by atoms with Crippen LogP contribution in [0.1, 0.15) is 5.56 Å². The molecule has 1 aromatic heterocycles. The van der Waals surface area contributed by atoms with E-state index >= 15 is 0 Å². The van der Waals surface area contributed by atoms with Crippen LogP contribution in [0.15, 0.2) is 77.7 Å². The SMILES string of the molecule is Cc1ccc(-c2nc(-c3ccccc3)nc(-c3ccc(SC#N)cc3)n2)c(O)c1. The first kappa shape index (κ1) is 18.7. The van der Waals surface area contributed by atoms with Gasteiger partial charge in [0.05, 0.1) is 5.56 Å². The van der Waals surface area contributed by atoms with Crippen LogP contribution in [0.3, 0.4) is 0 Å². The van der Waals surface area contributed by atoms with Crippen LogP contribution in [-0.2, 0) is 0 Å². The third-order valence-corrected chi connectivity index (χ3v) is 4.94. The van der Waals surface area contributed by atoms with Gasteiger partial charge in [-0.1, -0.05) is 48.5 Å². The van der Waals surface area contributed by atoms with Crippen molar-refractivity contribution in [1.29, 1.82) is 5.26 Å². The standard InChI is InChI=1S/C23H16N4OS/c1-15-7-12-19(20(28)13-15)23-26-21(16-5-3-2-4-6-16)25-22(27-23)17-8-10-18(11-9-17)29-14-24/h2-13,28H,1H3. The first-order valence-corrected chi connectivity index (χ1v) is 9.73. The van der Waals surface area contributed by atoms with E-state index in [0.29, 0.717) is 23.0 Å². The molecule has 0 unspecified atom stereocenters. The fourth-order valence-electron chi connectivity index (χ4n) is 2.90. The van der Waals surface area contributed by atoms with Crippen molar-refractivity contribution >= 4 is 11.8 Å². The summed E-state index contributed by atoms with van der Waals surface area (Å²) in [6, 6.07) is 22.5. The van der Waals surface area contributed by atoms with Crippen molar-refractivity contribution in [3.63, 3.8) is 0 Å². The zero-order valence-electron chi connectivity index (χ0n) is 15.6. The molecule has 0 radical (unpaired) electrons. The molecule has 0 aliphatic heterocycles. The zero-order valence-corrected chi connectivity index (χ0v) is 16.4. The minimum atomic E-state index is 0.127. The van der Waals surface area contributed by atoms with Gasteiger partial charge in [-0.3, -0.25) is 0 Å². The van der Waals surface area contributed by atoms with Gasteiger partial charge in [-0.15, -0.1) is 0 Å². The molecular weight excluding hydrogens is 380 g/mol. The summed E-state index contributed by atoms with van der Waals surface area (Å²) in [6.07, 6.45) is 0. The van der Waals surface area contributed by atoms with E-state index in [9.17, 15) is 5.11 Å². The van der Waals surface area contributed by atoms with Crippen molar-refractivity contribution in [2.45, 2.75) is 11.8 Å². The number of nitrogens with zero attached hydrogens (tertiary/aromatic N) is 4. The summed E-state index contributed by atoms with van der Waals surface area (Å²) in [5.41, 5.74) is 3.17. The van der Waals surface area contributed by atoms with Crippen molar-refractivity contribution in [3.05, 3.63) is 78.4 Å². The van der Waals surface area contributed by atoms with Crippen molar-refractivity contribution in [1.82, 2.24) is 15.0 Å². The number of thioether (sulfide) groups is 1. The molecule has 6 heteroatoms. The fourth-order valence-corrected chi connectivity index (χ4v) is 3.27. The summed E-state index contributed by atoms with van der Waals surface area (Å²) in [4.78, 5) is 14.7. The lowest BCUT2D eigenvalue weighted by molar-refractivity contribution is 0.476. The van der Waals surface area contributed by atoms with Crippen molar-refractivity contribution in [3.8, 4) is 45.3 Å². The molecule has 4 rings (SSSR count). The van der Waals surface area contributed by atoms with Gasteiger partial charge in [0.2, 0.25) is 0 Å². The Kier molecular flexibility index (Phi) is 5.23. The van der Waals surface area contributed by atoms with E-state index in [-0.39, 0.29) is 5.75 Å². The zero-order chi connectivity index (χ0) is 20.2. The molecule has 3 aromatic carbocycles. The number of benzene rings is 3. The minimum absolute atomic E-state index is 0.127. The van der Waals surface area contributed by atoms with E-state index in [0.717, 1.165) is 33.3 Å². The number of aromatic nitrogens is 3. The number of nitriles is 1. The van der Waals surface area contributed by atoms with Crippen LogP contribution in [0, 0.1) is 17.6 Å². The van der Waals surface area contributed by atoms with Crippen molar-refractivity contribution < 1.29 is 5.11 Å². The van der Waals surface area contributed by atoms with Crippen LogP contribution in [0.2, 0.25) is 0 Å².